The van der Waals surface area contributed by atoms with E-state index in [0.717, 1.165) is 36.4 Å². The van der Waals surface area contributed by atoms with Crippen LogP contribution < -0.4 is 0 Å². The molecule has 0 N–H and O–H groups in total. The summed E-state index contributed by atoms with van der Waals surface area (Å²) in [5.74, 6) is -4.36. The van der Waals surface area contributed by atoms with Crippen molar-refractivity contribution in [2.75, 3.05) is 0 Å². The molecule has 154 valence electrons. The Morgan fingerprint density at radius 1 is 0.600 bits per heavy atom. The van der Waals surface area contributed by atoms with E-state index in [1.54, 1.807) is 0 Å². The molecule has 0 fully saturated rings. The topological polar surface area (TPSA) is 52.6 Å². The maximum atomic E-state index is 13.6. The smallest absolute Gasteiger partial charge is 0.338 e. The molecule has 0 aliphatic heterocycles. The Bertz CT molecular complexity index is 994. The normalized spacial score (nSPS) is 10.5. The van der Waals surface area contributed by atoms with E-state index in [0.29, 0.717) is 0 Å². The van der Waals surface area contributed by atoms with E-state index in [9.17, 15) is 27.2 Å². The van der Waals surface area contributed by atoms with Gasteiger partial charge in [-0.2, -0.15) is 0 Å². The first kappa shape index (κ1) is 21.0. The highest BCUT2D eigenvalue weighted by Gasteiger charge is 2.14. The number of carbonyl (C=O) groups excluding carboxylic acids is 2. The molecule has 3 rings (SSSR count). The third kappa shape index (κ3) is 5.22. The predicted octanol–water partition coefficient (Wildman–Crippen LogP) is 4.96. The van der Waals surface area contributed by atoms with Gasteiger partial charge in [-0.1, -0.05) is 0 Å². The van der Waals surface area contributed by atoms with Crippen molar-refractivity contribution in [3.8, 4) is 0 Å². The monoisotopic (exact) mass is 418 g/mol. The highest BCUT2D eigenvalue weighted by Crippen LogP contribution is 2.15. The highest BCUT2D eigenvalue weighted by molar-refractivity contribution is 5.93. The molecule has 3 aromatic carbocycles. The van der Waals surface area contributed by atoms with Crippen molar-refractivity contribution >= 4 is 11.9 Å². The summed E-state index contributed by atoms with van der Waals surface area (Å²) in [6.07, 6.45) is 0. The van der Waals surface area contributed by atoms with Gasteiger partial charge in [-0.25, -0.2) is 27.2 Å². The van der Waals surface area contributed by atoms with Crippen LogP contribution in [0.4, 0.5) is 17.6 Å². The van der Waals surface area contributed by atoms with Crippen LogP contribution in [-0.4, -0.2) is 11.9 Å². The molecule has 30 heavy (non-hydrogen) atoms. The maximum absolute atomic E-state index is 13.6. The van der Waals surface area contributed by atoms with Crippen molar-refractivity contribution in [3.63, 3.8) is 0 Å². The first-order valence-electron chi connectivity index (χ1n) is 8.65. The molecule has 0 atom stereocenters. The van der Waals surface area contributed by atoms with Crippen LogP contribution in [0, 0.1) is 23.3 Å². The van der Waals surface area contributed by atoms with Crippen LogP contribution in [-0.2, 0) is 22.7 Å². The summed E-state index contributed by atoms with van der Waals surface area (Å²) in [6.45, 7) is -0.934. The van der Waals surface area contributed by atoms with E-state index < -0.39 is 48.4 Å². The fourth-order valence-electron chi connectivity index (χ4n) is 2.50. The minimum Gasteiger partial charge on any atom is -0.457 e. The lowest BCUT2D eigenvalue weighted by atomic mass is 10.1. The Labute approximate surface area is 168 Å². The molecule has 4 nitrogen and oxygen atoms in total. The average Bonchev–Trinajstić information content (AvgIpc) is 2.74. The Morgan fingerprint density at radius 3 is 1.33 bits per heavy atom. The van der Waals surface area contributed by atoms with Gasteiger partial charge < -0.3 is 9.47 Å². The van der Waals surface area contributed by atoms with Crippen LogP contribution >= 0.6 is 0 Å². The third-order valence-electron chi connectivity index (χ3n) is 4.09. The minimum atomic E-state index is -0.805. The molecule has 0 aliphatic carbocycles. The summed E-state index contributed by atoms with van der Waals surface area (Å²) in [5.41, 5.74) is -0.0969. The van der Waals surface area contributed by atoms with Gasteiger partial charge >= 0.3 is 11.9 Å². The van der Waals surface area contributed by atoms with Crippen LogP contribution in [0.1, 0.15) is 31.8 Å². The molecule has 8 heteroatoms. The lowest BCUT2D eigenvalue weighted by Gasteiger charge is -2.08. The lowest BCUT2D eigenvalue weighted by Crippen LogP contribution is -2.09. The molecule has 3 aromatic rings. The molecular formula is C22H14F4O4. The van der Waals surface area contributed by atoms with Gasteiger partial charge in [-0.05, 0) is 60.7 Å². The first-order valence-corrected chi connectivity index (χ1v) is 8.65. The second-order valence-corrected chi connectivity index (χ2v) is 6.20. The minimum absolute atomic E-state index is 0.0690. The van der Waals surface area contributed by atoms with Crippen LogP contribution in [0.25, 0.3) is 0 Å². The number of benzene rings is 3. The second kappa shape index (κ2) is 9.21. The first-order chi connectivity index (χ1) is 14.3. The van der Waals surface area contributed by atoms with Crippen molar-refractivity contribution in [2.24, 2.45) is 0 Å². The summed E-state index contributed by atoms with van der Waals surface area (Å²) >= 11 is 0. The molecule has 0 spiro atoms. The van der Waals surface area contributed by atoms with E-state index in [4.69, 9.17) is 9.47 Å². The largest absolute Gasteiger partial charge is 0.457 e. The van der Waals surface area contributed by atoms with Gasteiger partial charge in [-0.3, -0.25) is 0 Å². The van der Waals surface area contributed by atoms with Crippen molar-refractivity contribution < 1.29 is 36.6 Å². The van der Waals surface area contributed by atoms with Crippen LogP contribution in [0.3, 0.4) is 0 Å². The lowest BCUT2D eigenvalue weighted by molar-refractivity contribution is 0.0454. The van der Waals surface area contributed by atoms with Gasteiger partial charge in [0, 0.05) is 11.1 Å². The Balaban J connectivity index is 1.58. The summed E-state index contributed by atoms with van der Waals surface area (Å²) < 4.78 is 63.3. The SMILES string of the molecule is O=C(OCc1cc(F)ccc1F)c1ccc(C(=O)OCc2cc(F)ccc2F)cc1. The zero-order chi connectivity index (χ0) is 21.7. The summed E-state index contributed by atoms with van der Waals surface area (Å²) in [6, 6.07) is 10.7. The second-order valence-electron chi connectivity index (χ2n) is 6.20. The van der Waals surface area contributed by atoms with E-state index in [-0.39, 0.29) is 22.3 Å². The number of hydrogen-bond donors (Lipinski definition) is 0. The molecule has 0 aliphatic rings. The van der Waals surface area contributed by atoms with Crippen molar-refractivity contribution in [2.45, 2.75) is 13.2 Å². The predicted molar refractivity (Wildman–Crippen MR) is 97.4 cm³/mol. The van der Waals surface area contributed by atoms with E-state index in [1.165, 1.54) is 24.3 Å². The van der Waals surface area contributed by atoms with Crippen LogP contribution in [0.5, 0.6) is 0 Å². The van der Waals surface area contributed by atoms with Gasteiger partial charge in [0.2, 0.25) is 0 Å². The Hall–Kier alpha value is -3.68. The molecule has 0 radical (unpaired) electrons. The van der Waals surface area contributed by atoms with Gasteiger partial charge in [-0.15, -0.1) is 0 Å². The van der Waals surface area contributed by atoms with Crippen molar-refractivity contribution in [1.82, 2.24) is 0 Å². The highest BCUT2D eigenvalue weighted by atomic mass is 19.1. The average molecular weight is 418 g/mol. The fraction of sp³-hybridized carbons (Fsp3) is 0.0909. The number of rotatable bonds is 6. The van der Waals surface area contributed by atoms with Crippen molar-refractivity contribution in [3.05, 3.63) is 106 Å². The molecule has 0 amide bonds. The number of ether oxygens (including phenoxy) is 2. The molecule has 0 heterocycles. The zero-order valence-electron chi connectivity index (χ0n) is 15.3. The molecule has 0 unspecified atom stereocenters. The fourth-order valence-corrected chi connectivity index (χ4v) is 2.50. The number of carbonyl (C=O) groups is 2. The zero-order valence-corrected chi connectivity index (χ0v) is 15.3. The summed E-state index contributed by atoms with van der Waals surface area (Å²) in [4.78, 5) is 24.1. The molecule has 0 saturated carbocycles. The maximum Gasteiger partial charge on any atom is 0.338 e. The van der Waals surface area contributed by atoms with Gasteiger partial charge in [0.1, 0.15) is 36.5 Å². The molecule has 0 aromatic heterocycles. The summed E-state index contributed by atoms with van der Waals surface area (Å²) in [5, 5.41) is 0. The van der Waals surface area contributed by atoms with E-state index >= 15 is 0 Å². The molecule has 0 bridgehead atoms. The summed E-state index contributed by atoms with van der Waals surface area (Å²) in [7, 11) is 0. The van der Waals surface area contributed by atoms with Crippen LogP contribution in [0.15, 0.2) is 60.7 Å². The quantitative estimate of drug-likeness (QED) is 0.420. The van der Waals surface area contributed by atoms with Crippen molar-refractivity contribution in [1.29, 1.82) is 0 Å². The molecular weight excluding hydrogens is 404 g/mol. The van der Waals surface area contributed by atoms with Gasteiger partial charge in [0.05, 0.1) is 11.1 Å². The number of esters is 2. The molecule has 0 saturated heterocycles. The number of hydrogen-bond acceptors (Lipinski definition) is 4. The Kier molecular flexibility index (Phi) is 6.46. The van der Waals surface area contributed by atoms with Gasteiger partial charge in [0.15, 0.2) is 0 Å². The standard InChI is InChI=1S/C22H14F4O4/c23-17-5-7-19(25)15(9-17)11-29-21(27)13-1-2-14(4-3-13)22(28)30-12-16-10-18(24)6-8-20(16)26/h1-10H,11-12H2. The third-order valence-corrected chi connectivity index (χ3v) is 4.09. The van der Waals surface area contributed by atoms with Gasteiger partial charge in [0.25, 0.3) is 0 Å². The van der Waals surface area contributed by atoms with E-state index in [2.05, 4.69) is 0 Å². The van der Waals surface area contributed by atoms with E-state index in [1.807, 2.05) is 0 Å². The number of halogens is 4. The van der Waals surface area contributed by atoms with Crippen LogP contribution in [0.2, 0.25) is 0 Å². The Morgan fingerprint density at radius 2 is 0.967 bits per heavy atom.